The van der Waals surface area contributed by atoms with Gasteiger partial charge in [-0.2, -0.15) is 0 Å². The Bertz CT molecular complexity index is 333. The van der Waals surface area contributed by atoms with Crippen LogP contribution in [0.25, 0.3) is 0 Å². The fourth-order valence-corrected chi connectivity index (χ4v) is 2.59. The van der Waals surface area contributed by atoms with Crippen molar-refractivity contribution < 1.29 is 0 Å². The maximum atomic E-state index is 5.68. The van der Waals surface area contributed by atoms with Crippen molar-refractivity contribution in [3.8, 4) is 0 Å². The Morgan fingerprint density at radius 2 is 2.25 bits per heavy atom. The van der Waals surface area contributed by atoms with Crippen LogP contribution in [0, 0.1) is 5.92 Å². The Hall–Kier alpha value is -0.0900. The first kappa shape index (κ1) is 14.0. The molecule has 2 nitrogen and oxygen atoms in total. The SMILES string of the molecule is Cl.NCC1CCN(Cc2cccc(Br)c2)C1. The van der Waals surface area contributed by atoms with Gasteiger partial charge in [0.2, 0.25) is 0 Å². The van der Waals surface area contributed by atoms with Crippen molar-refractivity contribution in [2.75, 3.05) is 19.6 Å². The van der Waals surface area contributed by atoms with Gasteiger partial charge in [0.25, 0.3) is 0 Å². The number of nitrogens with two attached hydrogens (primary N) is 1. The van der Waals surface area contributed by atoms with Gasteiger partial charge in [-0.05, 0) is 43.1 Å². The summed E-state index contributed by atoms with van der Waals surface area (Å²) in [4.78, 5) is 2.49. The highest BCUT2D eigenvalue weighted by atomic mass is 79.9. The maximum Gasteiger partial charge on any atom is 0.0234 e. The summed E-state index contributed by atoms with van der Waals surface area (Å²) in [5, 5.41) is 0. The number of halogens is 2. The van der Waals surface area contributed by atoms with Crippen LogP contribution in [0.2, 0.25) is 0 Å². The number of nitrogens with zero attached hydrogens (tertiary/aromatic N) is 1. The van der Waals surface area contributed by atoms with Crippen LogP contribution in [0.3, 0.4) is 0 Å². The fraction of sp³-hybridized carbons (Fsp3) is 0.500. The van der Waals surface area contributed by atoms with Crippen LogP contribution in [0.5, 0.6) is 0 Å². The quantitative estimate of drug-likeness (QED) is 0.930. The molecular weight excluding hydrogens is 288 g/mol. The maximum absolute atomic E-state index is 5.68. The zero-order valence-corrected chi connectivity index (χ0v) is 11.6. The first-order valence-electron chi connectivity index (χ1n) is 5.45. The molecule has 2 rings (SSSR count). The lowest BCUT2D eigenvalue weighted by atomic mass is 10.1. The van der Waals surface area contributed by atoms with E-state index in [4.69, 9.17) is 5.73 Å². The second-order valence-electron chi connectivity index (χ2n) is 4.26. The van der Waals surface area contributed by atoms with E-state index in [-0.39, 0.29) is 12.4 Å². The van der Waals surface area contributed by atoms with E-state index in [9.17, 15) is 0 Å². The van der Waals surface area contributed by atoms with Crippen LogP contribution < -0.4 is 5.73 Å². The summed E-state index contributed by atoms with van der Waals surface area (Å²) in [7, 11) is 0. The molecule has 0 radical (unpaired) electrons. The Labute approximate surface area is 112 Å². The summed E-state index contributed by atoms with van der Waals surface area (Å²) in [5.41, 5.74) is 7.06. The number of benzene rings is 1. The Morgan fingerprint density at radius 3 is 2.88 bits per heavy atom. The number of hydrogen-bond donors (Lipinski definition) is 1. The van der Waals surface area contributed by atoms with Crippen molar-refractivity contribution in [3.05, 3.63) is 34.3 Å². The van der Waals surface area contributed by atoms with Crippen molar-refractivity contribution in [2.45, 2.75) is 13.0 Å². The molecule has 0 amide bonds. The second kappa shape index (κ2) is 6.60. The molecular formula is C12H18BrClN2. The van der Waals surface area contributed by atoms with Crippen molar-refractivity contribution >= 4 is 28.3 Å². The highest BCUT2D eigenvalue weighted by molar-refractivity contribution is 9.10. The van der Waals surface area contributed by atoms with Crippen molar-refractivity contribution in [1.29, 1.82) is 0 Å². The molecule has 0 bridgehead atoms. The average molecular weight is 306 g/mol. The summed E-state index contributed by atoms with van der Waals surface area (Å²) >= 11 is 3.50. The van der Waals surface area contributed by atoms with Crippen molar-refractivity contribution in [3.63, 3.8) is 0 Å². The van der Waals surface area contributed by atoms with E-state index in [1.165, 1.54) is 18.5 Å². The Kier molecular flexibility index (Phi) is 5.76. The van der Waals surface area contributed by atoms with Gasteiger partial charge in [-0.1, -0.05) is 28.1 Å². The summed E-state index contributed by atoms with van der Waals surface area (Å²) in [6.45, 7) is 4.22. The summed E-state index contributed by atoms with van der Waals surface area (Å²) < 4.78 is 1.16. The first-order valence-corrected chi connectivity index (χ1v) is 6.24. The van der Waals surface area contributed by atoms with Gasteiger partial charge >= 0.3 is 0 Å². The minimum Gasteiger partial charge on any atom is -0.330 e. The highest BCUT2D eigenvalue weighted by Crippen LogP contribution is 2.19. The van der Waals surface area contributed by atoms with E-state index in [0.29, 0.717) is 5.92 Å². The largest absolute Gasteiger partial charge is 0.330 e. The molecule has 0 aromatic heterocycles. The standard InChI is InChI=1S/C12H17BrN2.ClH/c13-12-3-1-2-10(6-12)8-15-5-4-11(7-14)9-15;/h1-3,6,11H,4-5,7-9,14H2;1H. The van der Waals surface area contributed by atoms with E-state index in [1.54, 1.807) is 0 Å². The first-order chi connectivity index (χ1) is 7.28. The molecule has 1 aliphatic rings. The number of likely N-dealkylation sites (tertiary alicyclic amines) is 1. The molecule has 0 spiro atoms. The molecule has 16 heavy (non-hydrogen) atoms. The van der Waals surface area contributed by atoms with Gasteiger partial charge in [-0.25, -0.2) is 0 Å². The second-order valence-corrected chi connectivity index (χ2v) is 5.17. The van der Waals surface area contributed by atoms with Gasteiger partial charge in [0.05, 0.1) is 0 Å². The predicted octanol–water partition coefficient (Wildman–Crippen LogP) is 2.65. The fourth-order valence-electron chi connectivity index (χ4n) is 2.14. The third-order valence-corrected chi connectivity index (χ3v) is 3.49. The lowest BCUT2D eigenvalue weighted by Crippen LogP contribution is -2.22. The lowest BCUT2D eigenvalue weighted by molar-refractivity contribution is 0.318. The number of rotatable bonds is 3. The Balaban J connectivity index is 0.00000128. The minimum atomic E-state index is 0. The molecule has 0 aliphatic carbocycles. The third kappa shape index (κ3) is 3.74. The van der Waals surface area contributed by atoms with E-state index in [2.05, 4.69) is 45.1 Å². The van der Waals surface area contributed by atoms with Crippen LogP contribution in [0.4, 0.5) is 0 Å². The van der Waals surface area contributed by atoms with Gasteiger partial charge in [-0.15, -0.1) is 12.4 Å². The van der Waals surface area contributed by atoms with E-state index in [0.717, 1.165) is 24.1 Å². The molecule has 1 unspecified atom stereocenters. The van der Waals surface area contributed by atoms with Crippen LogP contribution in [0.1, 0.15) is 12.0 Å². The van der Waals surface area contributed by atoms with E-state index < -0.39 is 0 Å². The van der Waals surface area contributed by atoms with Gasteiger partial charge in [0, 0.05) is 17.6 Å². The van der Waals surface area contributed by atoms with E-state index >= 15 is 0 Å². The predicted molar refractivity (Wildman–Crippen MR) is 73.8 cm³/mol. The van der Waals surface area contributed by atoms with Crippen LogP contribution in [0.15, 0.2) is 28.7 Å². The molecule has 1 aromatic rings. The van der Waals surface area contributed by atoms with Crippen molar-refractivity contribution in [1.82, 2.24) is 4.90 Å². The topological polar surface area (TPSA) is 29.3 Å². The normalized spacial score (nSPS) is 20.8. The van der Waals surface area contributed by atoms with Crippen molar-refractivity contribution in [2.24, 2.45) is 11.7 Å². The van der Waals surface area contributed by atoms with Gasteiger partial charge in [-0.3, -0.25) is 4.90 Å². The van der Waals surface area contributed by atoms with Crippen LogP contribution in [-0.2, 0) is 6.54 Å². The molecule has 1 saturated heterocycles. The van der Waals surface area contributed by atoms with Crippen LogP contribution >= 0.6 is 28.3 Å². The lowest BCUT2D eigenvalue weighted by Gasteiger charge is -2.15. The highest BCUT2D eigenvalue weighted by Gasteiger charge is 2.20. The Morgan fingerprint density at radius 1 is 1.44 bits per heavy atom. The molecule has 2 N–H and O–H groups in total. The smallest absolute Gasteiger partial charge is 0.0234 e. The molecule has 0 saturated carbocycles. The zero-order valence-electron chi connectivity index (χ0n) is 9.23. The number of hydrogen-bond acceptors (Lipinski definition) is 2. The van der Waals surface area contributed by atoms with Gasteiger partial charge in [0.1, 0.15) is 0 Å². The molecule has 1 fully saturated rings. The van der Waals surface area contributed by atoms with Gasteiger partial charge in [0.15, 0.2) is 0 Å². The molecule has 1 atom stereocenters. The molecule has 1 aromatic carbocycles. The third-order valence-electron chi connectivity index (χ3n) is 3.00. The van der Waals surface area contributed by atoms with Crippen LogP contribution in [-0.4, -0.2) is 24.5 Å². The molecule has 4 heteroatoms. The molecule has 1 heterocycles. The summed E-state index contributed by atoms with van der Waals surface area (Å²) in [5.74, 6) is 0.706. The van der Waals surface area contributed by atoms with Gasteiger partial charge < -0.3 is 5.73 Å². The summed E-state index contributed by atoms with van der Waals surface area (Å²) in [6.07, 6.45) is 1.25. The average Bonchev–Trinajstić information content (AvgIpc) is 2.65. The molecule has 90 valence electrons. The van der Waals surface area contributed by atoms with E-state index in [1.807, 2.05) is 0 Å². The molecule has 1 aliphatic heterocycles. The monoisotopic (exact) mass is 304 g/mol. The zero-order chi connectivity index (χ0) is 10.7. The minimum absolute atomic E-state index is 0. The summed E-state index contributed by atoms with van der Waals surface area (Å²) in [6, 6.07) is 8.53.